The van der Waals surface area contributed by atoms with E-state index in [-0.39, 0.29) is 30.1 Å². The SMILES string of the molecule is CCNC(=NCc1ccc(-n2cccn2)cc1)NCC(O)c1cccc(OC(C)C)c1.I. The molecule has 0 aliphatic rings. The average molecular weight is 549 g/mol. The molecule has 2 aromatic carbocycles. The highest BCUT2D eigenvalue weighted by Crippen LogP contribution is 2.20. The first kappa shape index (κ1) is 25.7. The van der Waals surface area contributed by atoms with Gasteiger partial charge in [-0.1, -0.05) is 24.3 Å². The zero-order chi connectivity index (χ0) is 22.1. The van der Waals surface area contributed by atoms with Crippen LogP contribution < -0.4 is 15.4 Å². The first-order chi connectivity index (χ1) is 15.0. The second kappa shape index (κ2) is 13.1. The fraction of sp³-hybridized carbons (Fsp3) is 0.333. The minimum absolute atomic E-state index is 0. The van der Waals surface area contributed by atoms with Crippen LogP contribution in [-0.2, 0) is 6.54 Å². The number of guanidine groups is 1. The van der Waals surface area contributed by atoms with Gasteiger partial charge in [0.15, 0.2) is 5.96 Å². The minimum Gasteiger partial charge on any atom is -0.491 e. The number of halogens is 1. The fourth-order valence-electron chi connectivity index (χ4n) is 3.07. The van der Waals surface area contributed by atoms with Gasteiger partial charge in [0.25, 0.3) is 0 Å². The van der Waals surface area contributed by atoms with Crippen LogP contribution in [0, 0.1) is 0 Å². The van der Waals surface area contributed by atoms with Gasteiger partial charge in [0, 0.05) is 25.5 Å². The Bertz CT molecular complexity index is 959. The van der Waals surface area contributed by atoms with Crippen LogP contribution in [0.3, 0.4) is 0 Å². The predicted molar refractivity (Wildman–Crippen MR) is 139 cm³/mol. The summed E-state index contributed by atoms with van der Waals surface area (Å²) in [7, 11) is 0. The van der Waals surface area contributed by atoms with Crippen LogP contribution in [-0.4, -0.2) is 40.0 Å². The summed E-state index contributed by atoms with van der Waals surface area (Å²) in [6.45, 7) is 7.58. The van der Waals surface area contributed by atoms with Gasteiger partial charge in [0.1, 0.15) is 5.75 Å². The number of nitrogens with one attached hydrogen (secondary N) is 2. The quantitative estimate of drug-likeness (QED) is 0.213. The maximum atomic E-state index is 10.6. The Kier molecular flexibility index (Phi) is 10.5. The summed E-state index contributed by atoms with van der Waals surface area (Å²) in [4.78, 5) is 4.63. The molecule has 0 fully saturated rings. The second-order valence-corrected chi connectivity index (χ2v) is 7.45. The predicted octanol–water partition coefficient (Wildman–Crippen LogP) is 4.07. The van der Waals surface area contributed by atoms with Gasteiger partial charge < -0.3 is 20.5 Å². The molecule has 0 saturated heterocycles. The molecule has 1 aromatic heterocycles. The van der Waals surface area contributed by atoms with Crippen LogP contribution in [0.15, 0.2) is 72.0 Å². The Hall–Kier alpha value is -2.59. The summed E-state index contributed by atoms with van der Waals surface area (Å²) >= 11 is 0. The molecule has 3 rings (SSSR count). The highest BCUT2D eigenvalue weighted by Gasteiger charge is 2.10. The van der Waals surface area contributed by atoms with Crippen molar-refractivity contribution in [2.75, 3.05) is 13.1 Å². The van der Waals surface area contributed by atoms with Gasteiger partial charge in [-0.3, -0.25) is 0 Å². The smallest absolute Gasteiger partial charge is 0.191 e. The third-order valence-corrected chi connectivity index (χ3v) is 4.55. The molecule has 32 heavy (non-hydrogen) atoms. The lowest BCUT2D eigenvalue weighted by atomic mass is 10.1. The summed E-state index contributed by atoms with van der Waals surface area (Å²) in [6.07, 6.45) is 3.09. The Balaban J connectivity index is 0.00000363. The van der Waals surface area contributed by atoms with Crippen molar-refractivity contribution >= 4 is 29.9 Å². The van der Waals surface area contributed by atoms with Gasteiger partial charge in [-0.2, -0.15) is 5.10 Å². The number of hydrogen-bond donors (Lipinski definition) is 3. The van der Waals surface area contributed by atoms with Crippen molar-refractivity contribution in [3.8, 4) is 11.4 Å². The first-order valence-electron chi connectivity index (χ1n) is 10.6. The molecule has 1 unspecified atom stereocenters. The average Bonchev–Trinajstić information content (AvgIpc) is 3.30. The summed E-state index contributed by atoms with van der Waals surface area (Å²) in [5.74, 6) is 1.41. The monoisotopic (exact) mass is 549 g/mol. The van der Waals surface area contributed by atoms with E-state index in [1.165, 1.54) is 0 Å². The molecule has 0 spiro atoms. The van der Waals surface area contributed by atoms with Gasteiger partial charge >= 0.3 is 0 Å². The van der Waals surface area contributed by atoms with Gasteiger partial charge in [-0.15, -0.1) is 24.0 Å². The summed E-state index contributed by atoms with van der Waals surface area (Å²) in [5.41, 5.74) is 2.90. The van der Waals surface area contributed by atoms with Crippen LogP contribution >= 0.6 is 24.0 Å². The van der Waals surface area contributed by atoms with E-state index < -0.39 is 6.10 Å². The van der Waals surface area contributed by atoms with Crippen LogP contribution in [0.1, 0.15) is 38.0 Å². The van der Waals surface area contributed by atoms with Crippen molar-refractivity contribution in [1.82, 2.24) is 20.4 Å². The van der Waals surface area contributed by atoms with Crippen LogP contribution in [0.4, 0.5) is 0 Å². The number of aliphatic imine (C=N–C) groups is 1. The van der Waals surface area contributed by atoms with E-state index in [4.69, 9.17) is 4.74 Å². The van der Waals surface area contributed by atoms with Crippen LogP contribution in [0.25, 0.3) is 5.69 Å². The maximum absolute atomic E-state index is 10.6. The summed E-state index contributed by atoms with van der Waals surface area (Å²) < 4.78 is 7.54. The number of benzene rings is 2. The molecule has 7 nitrogen and oxygen atoms in total. The molecule has 172 valence electrons. The molecule has 1 heterocycles. The summed E-state index contributed by atoms with van der Waals surface area (Å²) in [6, 6.07) is 17.6. The molecule has 1 atom stereocenters. The lowest BCUT2D eigenvalue weighted by molar-refractivity contribution is 0.179. The number of nitrogens with zero attached hydrogens (tertiary/aromatic N) is 3. The van der Waals surface area contributed by atoms with E-state index >= 15 is 0 Å². The van der Waals surface area contributed by atoms with E-state index in [1.807, 2.05) is 86.2 Å². The lowest BCUT2D eigenvalue weighted by Gasteiger charge is -2.17. The maximum Gasteiger partial charge on any atom is 0.191 e. The zero-order valence-corrected chi connectivity index (χ0v) is 21.1. The highest BCUT2D eigenvalue weighted by molar-refractivity contribution is 14.0. The van der Waals surface area contributed by atoms with Crippen molar-refractivity contribution in [2.24, 2.45) is 4.99 Å². The topological polar surface area (TPSA) is 83.7 Å². The molecule has 0 aliphatic heterocycles. The van der Waals surface area contributed by atoms with Gasteiger partial charge in [0.05, 0.1) is 24.4 Å². The van der Waals surface area contributed by atoms with E-state index in [9.17, 15) is 5.11 Å². The molecule has 0 saturated carbocycles. The normalized spacial score (nSPS) is 12.2. The molecule has 0 bridgehead atoms. The third-order valence-electron chi connectivity index (χ3n) is 4.55. The fourth-order valence-corrected chi connectivity index (χ4v) is 3.07. The Morgan fingerprint density at radius 1 is 1.12 bits per heavy atom. The molecule has 0 aliphatic carbocycles. The van der Waals surface area contributed by atoms with Crippen molar-refractivity contribution in [3.05, 3.63) is 78.1 Å². The zero-order valence-electron chi connectivity index (χ0n) is 18.7. The molecular weight excluding hydrogens is 517 g/mol. The van der Waals surface area contributed by atoms with Crippen molar-refractivity contribution in [2.45, 2.75) is 39.5 Å². The molecular formula is C24H32IN5O2. The van der Waals surface area contributed by atoms with Gasteiger partial charge in [0.2, 0.25) is 0 Å². The van der Waals surface area contributed by atoms with Gasteiger partial charge in [-0.05, 0) is 62.2 Å². The largest absolute Gasteiger partial charge is 0.491 e. The minimum atomic E-state index is -0.673. The molecule has 3 aromatic rings. The highest BCUT2D eigenvalue weighted by atomic mass is 127. The number of ether oxygens (including phenoxy) is 1. The van der Waals surface area contributed by atoms with E-state index in [0.29, 0.717) is 19.0 Å². The lowest BCUT2D eigenvalue weighted by Crippen LogP contribution is -2.39. The third kappa shape index (κ3) is 7.83. The molecule has 0 radical (unpaired) electrons. The number of rotatable bonds is 9. The second-order valence-electron chi connectivity index (χ2n) is 7.45. The molecule has 8 heteroatoms. The summed E-state index contributed by atoms with van der Waals surface area (Å²) in [5, 5.41) is 21.3. The van der Waals surface area contributed by atoms with Crippen molar-refractivity contribution in [1.29, 1.82) is 0 Å². The van der Waals surface area contributed by atoms with Crippen molar-refractivity contribution < 1.29 is 9.84 Å². The Morgan fingerprint density at radius 2 is 1.91 bits per heavy atom. The Labute approximate surface area is 206 Å². The van der Waals surface area contributed by atoms with Crippen LogP contribution in [0.5, 0.6) is 5.75 Å². The number of aliphatic hydroxyl groups excluding tert-OH is 1. The number of hydrogen-bond acceptors (Lipinski definition) is 4. The van der Waals surface area contributed by atoms with Crippen molar-refractivity contribution in [3.63, 3.8) is 0 Å². The Morgan fingerprint density at radius 3 is 2.56 bits per heavy atom. The number of aromatic nitrogens is 2. The number of aliphatic hydroxyl groups is 1. The molecule has 3 N–H and O–H groups in total. The standard InChI is InChI=1S/C24H31N5O2.HI/c1-4-25-24(26-16-19-9-11-21(12-10-19)29-14-6-13-28-29)27-17-23(30)20-7-5-8-22(15-20)31-18(2)3;/h5-15,18,23,30H,4,16-17H2,1-3H3,(H2,25,26,27);1H. The van der Waals surface area contributed by atoms with E-state index in [0.717, 1.165) is 29.1 Å². The molecule has 0 amide bonds. The van der Waals surface area contributed by atoms with E-state index in [1.54, 1.807) is 6.20 Å². The van der Waals surface area contributed by atoms with Crippen LogP contribution in [0.2, 0.25) is 0 Å². The van der Waals surface area contributed by atoms with E-state index in [2.05, 4.69) is 20.7 Å². The van der Waals surface area contributed by atoms with Gasteiger partial charge in [-0.25, -0.2) is 9.67 Å². The first-order valence-corrected chi connectivity index (χ1v) is 10.6.